The quantitative estimate of drug-likeness (QED) is 0.943. The van der Waals surface area contributed by atoms with Crippen LogP contribution in [0, 0.1) is 11.3 Å². The van der Waals surface area contributed by atoms with Gasteiger partial charge in [-0.05, 0) is 42.7 Å². The first-order valence-corrected chi connectivity index (χ1v) is 8.14. The maximum absolute atomic E-state index is 12.2. The van der Waals surface area contributed by atoms with E-state index in [0.717, 1.165) is 18.4 Å². The molecule has 1 aliphatic carbocycles. The molecule has 106 valence electrons. The summed E-state index contributed by atoms with van der Waals surface area (Å²) >= 11 is 0. The van der Waals surface area contributed by atoms with Crippen LogP contribution in [-0.2, 0) is 15.4 Å². The average molecular weight is 298 g/mol. The Morgan fingerprint density at radius 3 is 2.14 bits per heavy atom. The molecule has 0 bridgehead atoms. The van der Waals surface area contributed by atoms with Crippen LogP contribution in [0.15, 0.2) is 59.5 Å². The fourth-order valence-corrected chi connectivity index (χ4v) is 3.34. The largest absolute Gasteiger partial charge is 0.280 e. The molecule has 4 nitrogen and oxygen atoms in total. The van der Waals surface area contributed by atoms with Crippen molar-refractivity contribution in [3.8, 4) is 6.07 Å². The summed E-state index contributed by atoms with van der Waals surface area (Å²) in [4.78, 5) is 0.227. The van der Waals surface area contributed by atoms with Gasteiger partial charge in [-0.15, -0.1) is 0 Å². The molecule has 0 atom stereocenters. The Morgan fingerprint density at radius 1 is 1.00 bits per heavy atom. The Labute approximate surface area is 124 Å². The zero-order chi connectivity index (χ0) is 14.9. The van der Waals surface area contributed by atoms with E-state index in [0.29, 0.717) is 5.69 Å². The minimum atomic E-state index is -3.57. The van der Waals surface area contributed by atoms with Crippen molar-refractivity contribution in [1.82, 2.24) is 0 Å². The maximum Gasteiger partial charge on any atom is 0.261 e. The van der Waals surface area contributed by atoms with Crippen LogP contribution >= 0.6 is 0 Å². The third-order valence-corrected chi connectivity index (χ3v) is 5.10. The smallest absolute Gasteiger partial charge is 0.261 e. The Morgan fingerprint density at radius 2 is 1.62 bits per heavy atom. The molecule has 0 amide bonds. The summed E-state index contributed by atoms with van der Waals surface area (Å²) in [7, 11) is -3.57. The van der Waals surface area contributed by atoms with Gasteiger partial charge in [-0.2, -0.15) is 5.26 Å². The van der Waals surface area contributed by atoms with Gasteiger partial charge in [-0.1, -0.05) is 30.3 Å². The van der Waals surface area contributed by atoms with Crippen LogP contribution in [0.25, 0.3) is 0 Å². The van der Waals surface area contributed by atoms with Crippen LogP contribution in [0.1, 0.15) is 18.4 Å². The zero-order valence-electron chi connectivity index (χ0n) is 11.3. The topological polar surface area (TPSA) is 70.0 Å². The Bertz CT molecular complexity index is 786. The lowest BCUT2D eigenvalue weighted by Crippen LogP contribution is -2.13. The number of anilines is 1. The molecular weight excluding hydrogens is 284 g/mol. The number of sulfonamides is 1. The Kier molecular flexibility index (Phi) is 3.19. The number of hydrogen-bond acceptors (Lipinski definition) is 3. The van der Waals surface area contributed by atoms with Gasteiger partial charge in [0.25, 0.3) is 10.0 Å². The van der Waals surface area contributed by atoms with Gasteiger partial charge in [0.05, 0.1) is 16.4 Å². The molecule has 1 fully saturated rings. The summed E-state index contributed by atoms with van der Waals surface area (Å²) in [5.41, 5.74) is 1.10. The van der Waals surface area contributed by atoms with Crippen molar-refractivity contribution >= 4 is 15.7 Å². The Hall–Kier alpha value is -2.32. The lowest BCUT2D eigenvalue weighted by atomic mass is 9.98. The van der Waals surface area contributed by atoms with Gasteiger partial charge in [0.1, 0.15) is 0 Å². The average Bonchev–Trinajstić information content (AvgIpc) is 3.30. The summed E-state index contributed by atoms with van der Waals surface area (Å²) in [6, 6.07) is 17.6. The molecule has 1 aliphatic rings. The van der Waals surface area contributed by atoms with Gasteiger partial charge >= 0.3 is 0 Å². The van der Waals surface area contributed by atoms with Gasteiger partial charge in [0, 0.05) is 5.69 Å². The molecule has 0 aliphatic heterocycles. The standard InChI is InChI=1S/C16H14N2O2S/c17-12-16(10-11-16)13-6-8-14(9-7-13)18-21(19,20)15-4-2-1-3-5-15/h1-9,18H,10-11H2. The van der Waals surface area contributed by atoms with E-state index in [-0.39, 0.29) is 10.3 Å². The van der Waals surface area contributed by atoms with E-state index in [4.69, 9.17) is 5.26 Å². The summed E-state index contributed by atoms with van der Waals surface area (Å²) in [5, 5.41) is 9.15. The molecule has 1 saturated carbocycles. The van der Waals surface area contributed by atoms with Crippen LogP contribution in [-0.4, -0.2) is 8.42 Å². The van der Waals surface area contributed by atoms with Crippen molar-refractivity contribution in [3.63, 3.8) is 0 Å². The molecule has 3 rings (SSSR count). The van der Waals surface area contributed by atoms with E-state index in [1.54, 1.807) is 42.5 Å². The van der Waals surface area contributed by atoms with E-state index >= 15 is 0 Å². The van der Waals surface area contributed by atoms with E-state index in [2.05, 4.69) is 10.8 Å². The number of rotatable bonds is 4. The molecule has 0 spiro atoms. The van der Waals surface area contributed by atoms with Crippen LogP contribution in [0.3, 0.4) is 0 Å². The summed E-state index contributed by atoms with van der Waals surface area (Å²) in [5.74, 6) is 0. The number of nitrogens with zero attached hydrogens (tertiary/aromatic N) is 1. The van der Waals surface area contributed by atoms with Crippen molar-refractivity contribution in [2.45, 2.75) is 23.2 Å². The summed E-state index contributed by atoms with van der Waals surface area (Å²) < 4.78 is 26.9. The van der Waals surface area contributed by atoms with E-state index < -0.39 is 10.0 Å². The molecule has 21 heavy (non-hydrogen) atoms. The molecule has 5 heteroatoms. The molecule has 0 radical (unpaired) electrons. The van der Waals surface area contributed by atoms with Gasteiger partial charge < -0.3 is 0 Å². The minimum absolute atomic E-state index is 0.227. The van der Waals surface area contributed by atoms with E-state index in [9.17, 15) is 8.42 Å². The molecule has 1 N–H and O–H groups in total. The number of nitrogens with one attached hydrogen (secondary N) is 1. The Balaban J connectivity index is 1.82. The molecule has 2 aromatic rings. The maximum atomic E-state index is 12.2. The minimum Gasteiger partial charge on any atom is -0.280 e. The van der Waals surface area contributed by atoms with Crippen molar-refractivity contribution in [2.75, 3.05) is 4.72 Å². The third kappa shape index (κ3) is 2.63. The normalized spacial score (nSPS) is 16.0. The molecule has 0 heterocycles. The van der Waals surface area contributed by atoms with Crippen LogP contribution < -0.4 is 4.72 Å². The predicted octanol–water partition coefficient (Wildman–Crippen LogP) is 3.04. The third-order valence-electron chi connectivity index (χ3n) is 3.71. The molecule has 0 unspecified atom stereocenters. The molecular formula is C16H14N2O2S. The fourth-order valence-electron chi connectivity index (χ4n) is 2.26. The lowest BCUT2D eigenvalue weighted by Gasteiger charge is -2.10. The predicted molar refractivity (Wildman–Crippen MR) is 80.2 cm³/mol. The van der Waals surface area contributed by atoms with E-state index in [1.165, 1.54) is 0 Å². The zero-order valence-corrected chi connectivity index (χ0v) is 12.1. The highest BCUT2D eigenvalue weighted by Gasteiger charge is 2.44. The monoisotopic (exact) mass is 298 g/mol. The number of nitriles is 1. The molecule has 2 aromatic carbocycles. The van der Waals surface area contributed by atoms with Crippen LogP contribution in [0.4, 0.5) is 5.69 Å². The SMILES string of the molecule is N#CC1(c2ccc(NS(=O)(=O)c3ccccc3)cc2)CC1. The van der Waals surface area contributed by atoms with E-state index in [1.807, 2.05) is 12.1 Å². The molecule has 0 aromatic heterocycles. The van der Waals surface area contributed by atoms with Crippen LogP contribution in [0.5, 0.6) is 0 Å². The summed E-state index contributed by atoms with van der Waals surface area (Å²) in [6.45, 7) is 0. The second-order valence-corrected chi connectivity index (χ2v) is 6.87. The molecule has 0 saturated heterocycles. The van der Waals surface area contributed by atoms with Gasteiger partial charge in [-0.25, -0.2) is 8.42 Å². The lowest BCUT2D eigenvalue weighted by molar-refractivity contribution is 0.601. The van der Waals surface area contributed by atoms with Gasteiger partial charge in [0.2, 0.25) is 0 Å². The van der Waals surface area contributed by atoms with Gasteiger partial charge in [0.15, 0.2) is 0 Å². The first-order valence-electron chi connectivity index (χ1n) is 6.65. The highest BCUT2D eigenvalue weighted by molar-refractivity contribution is 7.92. The fraction of sp³-hybridized carbons (Fsp3) is 0.188. The second kappa shape index (κ2) is 4.90. The van der Waals surface area contributed by atoms with Crippen molar-refractivity contribution in [2.24, 2.45) is 0 Å². The van der Waals surface area contributed by atoms with Crippen LogP contribution in [0.2, 0.25) is 0 Å². The number of hydrogen-bond donors (Lipinski definition) is 1. The first-order chi connectivity index (χ1) is 10.1. The summed E-state index contributed by atoms with van der Waals surface area (Å²) in [6.07, 6.45) is 1.75. The first kappa shape index (κ1) is 13.7. The highest BCUT2D eigenvalue weighted by atomic mass is 32.2. The van der Waals surface area contributed by atoms with Gasteiger partial charge in [-0.3, -0.25) is 4.72 Å². The van der Waals surface area contributed by atoms with Crippen molar-refractivity contribution in [3.05, 3.63) is 60.2 Å². The second-order valence-electron chi connectivity index (χ2n) is 5.19. The highest BCUT2D eigenvalue weighted by Crippen LogP contribution is 2.47. The number of benzene rings is 2. The van der Waals surface area contributed by atoms with Crippen molar-refractivity contribution in [1.29, 1.82) is 5.26 Å². The van der Waals surface area contributed by atoms with Crippen molar-refractivity contribution < 1.29 is 8.42 Å².